The largest absolute Gasteiger partial charge is 0.484 e. The highest BCUT2D eigenvalue weighted by atomic mass is 32.2. The Hall–Kier alpha value is -2.71. The second-order valence-electron chi connectivity index (χ2n) is 7.71. The van der Waals surface area contributed by atoms with Crippen LogP contribution in [-0.4, -0.2) is 31.5 Å². The zero-order valence-electron chi connectivity index (χ0n) is 17.7. The van der Waals surface area contributed by atoms with Crippen LogP contribution >= 0.6 is 11.3 Å². The molecule has 0 saturated carbocycles. The van der Waals surface area contributed by atoms with Crippen molar-refractivity contribution in [3.8, 4) is 5.75 Å². The summed E-state index contributed by atoms with van der Waals surface area (Å²) in [5, 5.41) is 4.25. The van der Waals surface area contributed by atoms with Crippen LogP contribution in [0.1, 0.15) is 23.0 Å². The third-order valence-electron chi connectivity index (χ3n) is 5.34. The van der Waals surface area contributed by atoms with Gasteiger partial charge < -0.3 is 9.64 Å². The number of benzene rings is 3. The van der Waals surface area contributed by atoms with Crippen molar-refractivity contribution in [1.29, 1.82) is 0 Å². The fraction of sp³-hybridized carbons (Fsp3) is 0.200. The average Bonchev–Trinajstić information content (AvgIpc) is 3.31. The lowest BCUT2D eigenvalue weighted by atomic mass is 10.1. The van der Waals surface area contributed by atoms with Crippen molar-refractivity contribution >= 4 is 32.2 Å². The van der Waals surface area contributed by atoms with Crippen LogP contribution in [0.2, 0.25) is 0 Å². The van der Waals surface area contributed by atoms with Crippen LogP contribution in [0.3, 0.4) is 0 Å². The number of hydrogen-bond donors (Lipinski definition) is 1. The molecule has 1 atom stereocenters. The van der Waals surface area contributed by atoms with Gasteiger partial charge in [-0.1, -0.05) is 60.7 Å². The topological polar surface area (TPSA) is 66.8 Å². The number of nitrogens with zero attached hydrogens (tertiary/aromatic N) is 1. The summed E-state index contributed by atoms with van der Waals surface area (Å²) >= 11 is 1.66. The summed E-state index contributed by atoms with van der Waals surface area (Å²) in [7, 11) is -2.32. The molecule has 3 aromatic carbocycles. The summed E-state index contributed by atoms with van der Waals surface area (Å²) in [6, 6.07) is 24.9. The first-order valence-corrected chi connectivity index (χ1v) is 12.7. The first kappa shape index (κ1) is 22.5. The summed E-state index contributed by atoms with van der Waals surface area (Å²) < 4.78 is 39.4. The first-order chi connectivity index (χ1) is 15.4. The zero-order chi connectivity index (χ0) is 22.6. The highest BCUT2D eigenvalue weighted by Crippen LogP contribution is 2.33. The Kier molecular flexibility index (Phi) is 6.91. The van der Waals surface area contributed by atoms with Crippen LogP contribution in [0.5, 0.6) is 5.75 Å². The molecule has 7 heteroatoms. The molecule has 0 radical (unpaired) electrons. The maximum atomic E-state index is 11.7. The Morgan fingerprint density at radius 1 is 0.969 bits per heavy atom. The van der Waals surface area contributed by atoms with Gasteiger partial charge in [-0.05, 0) is 41.6 Å². The summed E-state index contributed by atoms with van der Waals surface area (Å²) in [6.07, 6.45) is 0.606. The van der Waals surface area contributed by atoms with Gasteiger partial charge in [0.2, 0.25) is 0 Å². The molecule has 0 fully saturated rings. The Morgan fingerprint density at radius 2 is 1.72 bits per heavy atom. The molecule has 1 aromatic heterocycles. The molecule has 1 N–H and O–H groups in total. The van der Waals surface area contributed by atoms with Crippen LogP contribution in [0.4, 0.5) is 0 Å². The molecule has 0 aliphatic heterocycles. The second-order valence-corrected chi connectivity index (χ2v) is 10.1. The van der Waals surface area contributed by atoms with E-state index < -0.39 is 10.1 Å². The van der Waals surface area contributed by atoms with Crippen LogP contribution in [-0.2, 0) is 16.7 Å². The molecule has 4 aromatic rings. The number of thiophene rings is 1. The molecule has 32 heavy (non-hydrogen) atoms. The van der Waals surface area contributed by atoms with E-state index in [1.807, 2.05) is 47.7 Å². The van der Waals surface area contributed by atoms with Crippen molar-refractivity contribution < 1.29 is 17.7 Å². The molecule has 0 bridgehead atoms. The molecule has 0 saturated heterocycles. The van der Waals surface area contributed by atoms with Gasteiger partial charge in [-0.2, -0.15) is 8.42 Å². The molecule has 4 rings (SSSR count). The van der Waals surface area contributed by atoms with Gasteiger partial charge in [0.1, 0.15) is 11.9 Å². The summed E-state index contributed by atoms with van der Waals surface area (Å²) in [5.74, 6) is 0.848. The molecule has 1 heterocycles. The fourth-order valence-corrected chi connectivity index (χ4v) is 5.28. The number of ether oxygens (including phenoxy) is 1. The van der Waals surface area contributed by atoms with Gasteiger partial charge in [0.15, 0.2) is 0 Å². The second kappa shape index (κ2) is 9.83. The maximum absolute atomic E-state index is 11.7. The maximum Gasteiger partial charge on any atom is 0.294 e. The lowest BCUT2D eigenvalue weighted by Crippen LogP contribution is -2.23. The van der Waals surface area contributed by atoms with Crippen molar-refractivity contribution in [2.24, 2.45) is 0 Å². The molecule has 0 spiro atoms. The Labute approximate surface area is 192 Å². The predicted molar refractivity (Wildman–Crippen MR) is 129 cm³/mol. The van der Waals surface area contributed by atoms with Crippen LogP contribution in [0.15, 0.2) is 89.1 Å². The lowest BCUT2D eigenvalue weighted by Gasteiger charge is -2.23. The first-order valence-electron chi connectivity index (χ1n) is 10.3. The normalized spacial score (nSPS) is 12.8. The molecule has 5 nitrogen and oxygen atoms in total. The van der Waals surface area contributed by atoms with Crippen molar-refractivity contribution in [2.45, 2.75) is 24.0 Å². The molecule has 0 amide bonds. The average molecular weight is 468 g/mol. The van der Waals surface area contributed by atoms with Gasteiger partial charge in [-0.15, -0.1) is 11.3 Å². The van der Waals surface area contributed by atoms with Gasteiger partial charge in [-0.25, -0.2) is 0 Å². The van der Waals surface area contributed by atoms with Crippen LogP contribution < -0.4 is 4.74 Å². The molecule has 0 aliphatic carbocycles. The van der Waals surface area contributed by atoms with Crippen molar-refractivity contribution in [3.63, 3.8) is 0 Å². The molecule has 0 aliphatic rings. The standard InChI is InChI=1S/C25H25NO4S2/c1-26(18-20-9-3-5-14-25(20)32(27,28)29)16-15-23(24-13-7-17-31-24)30-22-12-6-10-19-8-2-4-11-21(19)22/h2-14,17,23H,15-16,18H2,1H3,(H,27,28,29)/t23-/m0/s1. The Bertz CT molecular complexity index is 1280. The fourth-order valence-electron chi connectivity index (χ4n) is 3.78. The molecular weight excluding hydrogens is 442 g/mol. The minimum atomic E-state index is -4.26. The SMILES string of the molecule is CN(CC[C@H](Oc1cccc2ccccc12)c1cccs1)Cc1ccccc1S(=O)(=O)O. The van der Waals surface area contributed by atoms with E-state index in [-0.39, 0.29) is 11.0 Å². The van der Waals surface area contributed by atoms with Gasteiger partial charge in [-0.3, -0.25) is 4.55 Å². The van der Waals surface area contributed by atoms with Gasteiger partial charge in [0.05, 0.1) is 4.90 Å². The predicted octanol–water partition coefficient (Wildman–Crippen LogP) is 5.79. The van der Waals surface area contributed by atoms with Crippen LogP contribution in [0, 0.1) is 0 Å². The molecule has 0 unspecified atom stereocenters. The van der Waals surface area contributed by atoms with E-state index in [0.717, 1.165) is 27.8 Å². The van der Waals surface area contributed by atoms with E-state index in [0.29, 0.717) is 18.7 Å². The van der Waals surface area contributed by atoms with Crippen molar-refractivity contribution in [3.05, 3.63) is 94.7 Å². The van der Waals surface area contributed by atoms with E-state index in [4.69, 9.17) is 4.74 Å². The van der Waals surface area contributed by atoms with Gasteiger partial charge in [0, 0.05) is 29.8 Å². The summed E-state index contributed by atoms with van der Waals surface area (Å²) in [4.78, 5) is 3.13. The summed E-state index contributed by atoms with van der Waals surface area (Å²) in [5.41, 5.74) is 0.570. The monoisotopic (exact) mass is 467 g/mol. The van der Waals surface area contributed by atoms with Crippen molar-refractivity contribution in [2.75, 3.05) is 13.6 Å². The smallest absolute Gasteiger partial charge is 0.294 e. The van der Waals surface area contributed by atoms with E-state index in [2.05, 4.69) is 24.3 Å². The highest BCUT2D eigenvalue weighted by Gasteiger charge is 2.19. The third-order valence-corrected chi connectivity index (χ3v) is 7.26. The highest BCUT2D eigenvalue weighted by molar-refractivity contribution is 7.85. The van der Waals surface area contributed by atoms with E-state index >= 15 is 0 Å². The van der Waals surface area contributed by atoms with Gasteiger partial charge >= 0.3 is 0 Å². The zero-order valence-corrected chi connectivity index (χ0v) is 19.4. The Balaban J connectivity index is 1.50. The summed E-state index contributed by atoms with van der Waals surface area (Å²) in [6.45, 7) is 1.09. The number of fused-ring (bicyclic) bond motifs is 1. The quantitative estimate of drug-likeness (QED) is 0.316. The number of hydrogen-bond acceptors (Lipinski definition) is 5. The van der Waals surface area contributed by atoms with E-state index in [1.54, 1.807) is 29.5 Å². The van der Waals surface area contributed by atoms with Crippen molar-refractivity contribution in [1.82, 2.24) is 4.90 Å². The van der Waals surface area contributed by atoms with E-state index in [9.17, 15) is 13.0 Å². The third kappa shape index (κ3) is 5.37. The minimum absolute atomic E-state index is 0.0475. The number of rotatable bonds is 9. The van der Waals surface area contributed by atoms with Crippen LogP contribution in [0.25, 0.3) is 10.8 Å². The minimum Gasteiger partial charge on any atom is -0.484 e. The van der Waals surface area contributed by atoms with E-state index in [1.165, 1.54) is 6.07 Å². The molecular formula is C25H25NO4S2. The molecule has 166 valence electrons. The van der Waals surface area contributed by atoms with Gasteiger partial charge in [0.25, 0.3) is 10.1 Å². The lowest BCUT2D eigenvalue weighted by molar-refractivity contribution is 0.176. The Morgan fingerprint density at radius 3 is 2.50 bits per heavy atom.